The fourth-order valence-electron chi connectivity index (χ4n) is 1.18. The van der Waals surface area contributed by atoms with E-state index >= 15 is 0 Å². The quantitative estimate of drug-likeness (QED) is 0.629. The van der Waals surface area contributed by atoms with Crippen LogP contribution < -0.4 is 4.74 Å². The fraction of sp³-hybridized carbons (Fsp3) is 0.250. The summed E-state index contributed by atoms with van der Waals surface area (Å²) in [4.78, 5) is 13.6. The molecule has 0 spiro atoms. The predicted octanol–water partition coefficient (Wildman–Crippen LogP) is 2.72. The second-order valence-electron chi connectivity index (χ2n) is 3.49. The standard InChI is InChI=1S/C12H14BrNO2/c1-14(2)7-6-11(15)10-5-4-9(13)8-12(10)16-3/h4-8H,1-3H3/b7-6+. The van der Waals surface area contributed by atoms with Crippen LogP contribution in [0.3, 0.4) is 0 Å². The number of benzene rings is 1. The summed E-state index contributed by atoms with van der Waals surface area (Å²) in [5.74, 6) is 0.501. The van der Waals surface area contributed by atoms with Crippen molar-refractivity contribution in [2.24, 2.45) is 0 Å². The van der Waals surface area contributed by atoms with Gasteiger partial charge in [0.15, 0.2) is 5.78 Å². The summed E-state index contributed by atoms with van der Waals surface area (Å²) in [7, 11) is 5.28. The van der Waals surface area contributed by atoms with Gasteiger partial charge in [-0.1, -0.05) is 15.9 Å². The Hall–Kier alpha value is -1.29. The van der Waals surface area contributed by atoms with Gasteiger partial charge < -0.3 is 9.64 Å². The van der Waals surface area contributed by atoms with Gasteiger partial charge in [0.05, 0.1) is 12.7 Å². The van der Waals surface area contributed by atoms with Crippen LogP contribution in [0.15, 0.2) is 34.9 Å². The second kappa shape index (κ2) is 5.70. The van der Waals surface area contributed by atoms with Gasteiger partial charge in [-0.2, -0.15) is 0 Å². The third kappa shape index (κ3) is 3.38. The van der Waals surface area contributed by atoms with Gasteiger partial charge in [-0.05, 0) is 18.2 Å². The highest BCUT2D eigenvalue weighted by molar-refractivity contribution is 9.10. The molecule has 86 valence electrons. The molecule has 0 aliphatic rings. The average molecular weight is 284 g/mol. The highest BCUT2D eigenvalue weighted by atomic mass is 79.9. The van der Waals surface area contributed by atoms with Crippen LogP contribution in [0.25, 0.3) is 0 Å². The van der Waals surface area contributed by atoms with Crippen LogP contribution in [-0.2, 0) is 0 Å². The average Bonchev–Trinajstić information content (AvgIpc) is 2.25. The lowest BCUT2D eigenvalue weighted by Crippen LogP contribution is -2.04. The van der Waals surface area contributed by atoms with Crippen LogP contribution in [0.5, 0.6) is 5.75 Å². The molecule has 0 aromatic heterocycles. The third-order valence-electron chi connectivity index (χ3n) is 1.95. The molecule has 3 nitrogen and oxygen atoms in total. The lowest BCUT2D eigenvalue weighted by molar-refractivity contribution is 0.104. The first-order valence-electron chi connectivity index (χ1n) is 4.77. The van der Waals surface area contributed by atoms with Crippen LogP contribution >= 0.6 is 15.9 Å². The van der Waals surface area contributed by atoms with E-state index in [1.807, 2.05) is 25.1 Å². The molecule has 0 unspecified atom stereocenters. The molecule has 4 heteroatoms. The Balaban J connectivity index is 2.99. The predicted molar refractivity (Wildman–Crippen MR) is 67.9 cm³/mol. The summed E-state index contributed by atoms with van der Waals surface area (Å²) in [6.45, 7) is 0. The number of nitrogens with zero attached hydrogens (tertiary/aromatic N) is 1. The molecular weight excluding hydrogens is 270 g/mol. The Morgan fingerprint density at radius 2 is 2.12 bits per heavy atom. The molecule has 0 radical (unpaired) electrons. The van der Waals surface area contributed by atoms with Crippen molar-refractivity contribution >= 4 is 21.7 Å². The molecule has 1 aromatic carbocycles. The van der Waals surface area contributed by atoms with Crippen molar-refractivity contribution in [3.8, 4) is 5.75 Å². The van der Waals surface area contributed by atoms with Gasteiger partial charge in [0.2, 0.25) is 0 Å². The van der Waals surface area contributed by atoms with Crippen molar-refractivity contribution in [3.63, 3.8) is 0 Å². The van der Waals surface area contributed by atoms with Crippen molar-refractivity contribution in [2.45, 2.75) is 0 Å². The number of hydrogen-bond donors (Lipinski definition) is 0. The van der Waals surface area contributed by atoms with E-state index in [-0.39, 0.29) is 5.78 Å². The smallest absolute Gasteiger partial charge is 0.191 e. The van der Waals surface area contributed by atoms with Crippen LogP contribution in [0.4, 0.5) is 0 Å². The van der Waals surface area contributed by atoms with E-state index in [1.54, 1.807) is 25.4 Å². The summed E-state index contributed by atoms with van der Waals surface area (Å²) < 4.78 is 6.04. The molecule has 0 bridgehead atoms. The SMILES string of the molecule is COc1cc(Br)ccc1C(=O)/C=C/N(C)C. The monoisotopic (exact) mass is 283 g/mol. The number of hydrogen-bond acceptors (Lipinski definition) is 3. The Labute approximate surface area is 104 Å². The van der Waals surface area contributed by atoms with Crippen molar-refractivity contribution in [3.05, 3.63) is 40.5 Å². The molecular formula is C12H14BrNO2. The number of ether oxygens (including phenoxy) is 1. The first-order chi connectivity index (χ1) is 7.54. The minimum atomic E-state index is -0.0712. The van der Waals surface area contributed by atoms with E-state index in [2.05, 4.69) is 15.9 Å². The second-order valence-corrected chi connectivity index (χ2v) is 4.40. The van der Waals surface area contributed by atoms with Gasteiger partial charge in [-0.25, -0.2) is 0 Å². The van der Waals surface area contributed by atoms with Gasteiger partial charge in [-0.15, -0.1) is 0 Å². The molecule has 1 aromatic rings. The minimum absolute atomic E-state index is 0.0712. The zero-order chi connectivity index (χ0) is 12.1. The number of allylic oxidation sites excluding steroid dienone is 1. The van der Waals surface area contributed by atoms with E-state index in [9.17, 15) is 4.79 Å². The Morgan fingerprint density at radius 3 is 2.69 bits per heavy atom. The van der Waals surface area contributed by atoms with Crippen LogP contribution in [0, 0.1) is 0 Å². The maximum absolute atomic E-state index is 11.8. The van der Waals surface area contributed by atoms with E-state index in [1.165, 1.54) is 6.08 Å². The highest BCUT2D eigenvalue weighted by Crippen LogP contribution is 2.24. The maximum atomic E-state index is 11.8. The number of carbonyl (C=O) groups excluding carboxylic acids is 1. The van der Waals surface area contributed by atoms with Crippen molar-refractivity contribution < 1.29 is 9.53 Å². The molecule has 0 fully saturated rings. The fourth-order valence-corrected chi connectivity index (χ4v) is 1.52. The molecule has 0 N–H and O–H groups in total. The summed E-state index contributed by atoms with van der Waals surface area (Å²) in [5, 5.41) is 0. The molecule has 0 aliphatic heterocycles. The molecule has 0 atom stereocenters. The Bertz CT molecular complexity index is 413. The van der Waals surface area contributed by atoms with Crippen molar-refractivity contribution in [1.82, 2.24) is 4.90 Å². The molecule has 0 heterocycles. The molecule has 1 rings (SSSR count). The third-order valence-corrected chi connectivity index (χ3v) is 2.45. The topological polar surface area (TPSA) is 29.5 Å². The van der Waals surface area contributed by atoms with E-state index in [4.69, 9.17) is 4.74 Å². The number of halogens is 1. The maximum Gasteiger partial charge on any atom is 0.191 e. The van der Waals surface area contributed by atoms with Crippen LogP contribution in [0.2, 0.25) is 0 Å². The Kier molecular flexibility index (Phi) is 4.55. The highest BCUT2D eigenvalue weighted by Gasteiger charge is 2.09. The number of rotatable bonds is 4. The molecule has 0 amide bonds. The first-order valence-corrected chi connectivity index (χ1v) is 5.56. The van der Waals surface area contributed by atoms with Gasteiger partial charge in [0, 0.05) is 30.8 Å². The van der Waals surface area contributed by atoms with E-state index in [0.717, 1.165) is 4.47 Å². The van der Waals surface area contributed by atoms with Crippen LogP contribution in [0.1, 0.15) is 10.4 Å². The van der Waals surface area contributed by atoms with Crippen molar-refractivity contribution in [1.29, 1.82) is 0 Å². The zero-order valence-electron chi connectivity index (χ0n) is 9.53. The first kappa shape index (κ1) is 12.8. The molecule has 16 heavy (non-hydrogen) atoms. The molecule has 0 saturated carbocycles. The zero-order valence-corrected chi connectivity index (χ0v) is 11.1. The lowest BCUT2D eigenvalue weighted by atomic mass is 10.1. The van der Waals surface area contributed by atoms with Crippen molar-refractivity contribution in [2.75, 3.05) is 21.2 Å². The van der Waals surface area contributed by atoms with Gasteiger partial charge >= 0.3 is 0 Å². The number of ketones is 1. The number of methoxy groups -OCH3 is 1. The van der Waals surface area contributed by atoms with Gasteiger partial charge in [-0.3, -0.25) is 4.79 Å². The van der Waals surface area contributed by atoms with Crippen LogP contribution in [-0.4, -0.2) is 31.9 Å². The Morgan fingerprint density at radius 1 is 1.44 bits per heavy atom. The largest absolute Gasteiger partial charge is 0.496 e. The summed E-state index contributed by atoms with van der Waals surface area (Å²) in [6, 6.07) is 5.33. The van der Waals surface area contributed by atoms with Gasteiger partial charge in [0.25, 0.3) is 0 Å². The molecule has 0 saturated heterocycles. The summed E-state index contributed by atoms with van der Waals surface area (Å²) in [5.41, 5.74) is 0.559. The normalized spacial score (nSPS) is 10.5. The summed E-state index contributed by atoms with van der Waals surface area (Å²) >= 11 is 3.33. The van der Waals surface area contributed by atoms with Gasteiger partial charge in [0.1, 0.15) is 5.75 Å². The summed E-state index contributed by atoms with van der Waals surface area (Å²) in [6.07, 6.45) is 3.23. The van der Waals surface area contributed by atoms with E-state index < -0.39 is 0 Å². The molecule has 0 aliphatic carbocycles. The lowest BCUT2D eigenvalue weighted by Gasteiger charge is -2.07. The van der Waals surface area contributed by atoms with E-state index in [0.29, 0.717) is 11.3 Å². The minimum Gasteiger partial charge on any atom is -0.496 e. The number of carbonyl (C=O) groups is 1.